The molecule has 0 aromatic heterocycles. The van der Waals surface area contributed by atoms with Crippen LogP contribution in [0.4, 0.5) is 0 Å². The molecule has 1 aromatic rings. The van der Waals surface area contributed by atoms with E-state index in [4.69, 9.17) is 5.11 Å². The molecule has 1 aliphatic carbocycles. The molecule has 2 rings (SSSR count). The number of benzene rings is 1. The van der Waals surface area contributed by atoms with E-state index in [9.17, 15) is 0 Å². The van der Waals surface area contributed by atoms with Crippen molar-refractivity contribution in [2.45, 2.75) is 35.8 Å². The number of aromatic hydroxyl groups is 1. The molecule has 2 heteroatoms. The number of phenols is 1. The Bertz CT molecular complexity index is 287. The molecule has 0 radical (unpaired) electrons. The quantitative estimate of drug-likeness (QED) is 0.778. The van der Waals surface area contributed by atoms with Gasteiger partial charge in [0.2, 0.25) is 0 Å². The van der Waals surface area contributed by atoms with E-state index < -0.39 is 0 Å². The third kappa shape index (κ3) is 1.99. The van der Waals surface area contributed by atoms with Crippen LogP contribution in [0, 0.1) is 0 Å². The Kier molecular flexibility index (Phi) is 2.24. The predicted molar refractivity (Wildman–Crippen MR) is 56.2 cm³/mol. The molecule has 13 heavy (non-hydrogen) atoms. The van der Waals surface area contributed by atoms with Gasteiger partial charge >= 0.3 is 0 Å². The fourth-order valence-corrected chi connectivity index (χ4v) is 2.91. The van der Waals surface area contributed by atoms with Crippen LogP contribution < -0.4 is 0 Å². The molecule has 1 saturated carbocycles. The summed E-state index contributed by atoms with van der Waals surface area (Å²) in [6.07, 6.45) is 4.00. The number of thioether (sulfide) groups is 1. The molecule has 0 amide bonds. The van der Waals surface area contributed by atoms with Crippen molar-refractivity contribution in [3.05, 3.63) is 24.3 Å². The molecule has 1 nitrogen and oxygen atoms in total. The van der Waals surface area contributed by atoms with Gasteiger partial charge in [-0.25, -0.2) is 0 Å². The smallest absolute Gasteiger partial charge is 0.115 e. The maximum absolute atomic E-state index is 9.12. The molecule has 0 atom stereocenters. The SMILES string of the molecule is CC1(Sc2ccc(O)cc2)CCC1. The van der Waals surface area contributed by atoms with E-state index in [0.29, 0.717) is 10.5 Å². The number of rotatable bonds is 2. The fraction of sp³-hybridized carbons (Fsp3) is 0.455. The normalized spacial score (nSPS) is 19.5. The lowest BCUT2D eigenvalue weighted by Crippen LogP contribution is -2.28. The Labute approximate surface area is 83.2 Å². The van der Waals surface area contributed by atoms with E-state index in [2.05, 4.69) is 6.92 Å². The summed E-state index contributed by atoms with van der Waals surface area (Å²) in [4.78, 5) is 1.26. The number of phenolic OH excluding ortho intramolecular Hbond substituents is 1. The van der Waals surface area contributed by atoms with Gasteiger partial charge in [0, 0.05) is 9.64 Å². The molecule has 70 valence electrons. The number of hydrogen-bond donors (Lipinski definition) is 1. The Balaban J connectivity index is 2.05. The van der Waals surface area contributed by atoms with Crippen molar-refractivity contribution < 1.29 is 5.11 Å². The summed E-state index contributed by atoms with van der Waals surface area (Å²) in [6, 6.07) is 7.49. The van der Waals surface area contributed by atoms with Gasteiger partial charge in [-0.05, 0) is 37.1 Å². The molecular formula is C11H14OS. The van der Waals surface area contributed by atoms with Crippen molar-refractivity contribution in [1.82, 2.24) is 0 Å². The minimum absolute atomic E-state index is 0.350. The van der Waals surface area contributed by atoms with Gasteiger partial charge in [0.1, 0.15) is 5.75 Å². The van der Waals surface area contributed by atoms with Crippen molar-refractivity contribution in [3.63, 3.8) is 0 Å². The van der Waals surface area contributed by atoms with Gasteiger partial charge in [0.15, 0.2) is 0 Å². The van der Waals surface area contributed by atoms with Crippen LogP contribution in [0.5, 0.6) is 5.75 Å². The van der Waals surface area contributed by atoms with Crippen LogP contribution >= 0.6 is 11.8 Å². The van der Waals surface area contributed by atoms with Crippen molar-refractivity contribution >= 4 is 11.8 Å². The van der Waals surface area contributed by atoms with Crippen LogP contribution in [0.15, 0.2) is 29.2 Å². The lowest BCUT2D eigenvalue weighted by Gasteiger charge is -2.37. The molecule has 1 N–H and O–H groups in total. The van der Waals surface area contributed by atoms with Crippen LogP contribution in [0.25, 0.3) is 0 Å². The second kappa shape index (κ2) is 3.26. The second-order valence-corrected chi connectivity index (χ2v) is 5.56. The van der Waals surface area contributed by atoms with E-state index in [0.717, 1.165) is 0 Å². The molecule has 1 aromatic carbocycles. The van der Waals surface area contributed by atoms with Crippen molar-refractivity contribution in [2.75, 3.05) is 0 Å². The molecule has 0 unspecified atom stereocenters. The lowest BCUT2D eigenvalue weighted by molar-refractivity contribution is 0.392. The Morgan fingerprint density at radius 3 is 2.31 bits per heavy atom. The summed E-state index contributed by atoms with van der Waals surface area (Å²) in [5.41, 5.74) is 0. The van der Waals surface area contributed by atoms with Crippen LogP contribution in [0.2, 0.25) is 0 Å². The van der Waals surface area contributed by atoms with Crippen LogP contribution in [0.3, 0.4) is 0 Å². The Morgan fingerprint density at radius 2 is 1.85 bits per heavy atom. The summed E-state index contributed by atoms with van der Waals surface area (Å²) < 4.78 is 0.455. The zero-order valence-electron chi connectivity index (χ0n) is 7.79. The van der Waals surface area contributed by atoms with E-state index in [1.807, 2.05) is 23.9 Å². The monoisotopic (exact) mass is 194 g/mol. The van der Waals surface area contributed by atoms with E-state index >= 15 is 0 Å². The standard InChI is InChI=1S/C11H14OS/c1-11(7-2-8-11)13-10-5-3-9(12)4-6-10/h3-6,12H,2,7-8H2,1H3. The van der Waals surface area contributed by atoms with E-state index in [1.165, 1.54) is 24.2 Å². The summed E-state index contributed by atoms with van der Waals surface area (Å²) in [7, 11) is 0. The first-order valence-electron chi connectivity index (χ1n) is 4.66. The average Bonchev–Trinajstić information content (AvgIpc) is 2.06. The van der Waals surface area contributed by atoms with Gasteiger partial charge in [-0.2, -0.15) is 0 Å². The minimum Gasteiger partial charge on any atom is -0.508 e. The Hall–Kier alpha value is -0.630. The molecule has 0 bridgehead atoms. The minimum atomic E-state index is 0.350. The molecule has 0 aliphatic heterocycles. The summed E-state index contributed by atoms with van der Waals surface area (Å²) in [6.45, 7) is 2.31. The van der Waals surface area contributed by atoms with E-state index in [-0.39, 0.29) is 0 Å². The van der Waals surface area contributed by atoms with Crippen molar-refractivity contribution in [2.24, 2.45) is 0 Å². The molecule has 1 aliphatic rings. The second-order valence-electron chi connectivity index (χ2n) is 3.90. The predicted octanol–water partition coefficient (Wildman–Crippen LogP) is 3.43. The molecule has 0 spiro atoms. The molecule has 0 heterocycles. The van der Waals surface area contributed by atoms with Gasteiger partial charge in [0.25, 0.3) is 0 Å². The zero-order chi connectivity index (χ0) is 9.31. The maximum atomic E-state index is 9.12. The average molecular weight is 194 g/mol. The highest BCUT2D eigenvalue weighted by Crippen LogP contribution is 2.47. The highest BCUT2D eigenvalue weighted by atomic mass is 32.2. The third-order valence-electron chi connectivity index (χ3n) is 2.61. The van der Waals surface area contributed by atoms with Crippen LogP contribution in [-0.2, 0) is 0 Å². The van der Waals surface area contributed by atoms with Crippen molar-refractivity contribution in [1.29, 1.82) is 0 Å². The lowest BCUT2D eigenvalue weighted by atomic mass is 9.86. The first kappa shape index (κ1) is 8.95. The highest BCUT2D eigenvalue weighted by Gasteiger charge is 2.32. The largest absolute Gasteiger partial charge is 0.508 e. The summed E-state index contributed by atoms with van der Waals surface area (Å²) >= 11 is 1.93. The van der Waals surface area contributed by atoms with Gasteiger partial charge in [-0.3, -0.25) is 0 Å². The van der Waals surface area contributed by atoms with E-state index in [1.54, 1.807) is 12.1 Å². The maximum Gasteiger partial charge on any atom is 0.115 e. The molecule has 1 fully saturated rings. The summed E-state index contributed by atoms with van der Waals surface area (Å²) in [5, 5.41) is 9.12. The topological polar surface area (TPSA) is 20.2 Å². The zero-order valence-corrected chi connectivity index (χ0v) is 8.60. The number of hydrogen-bond acceptors (Lipinski definition) is 2. The Morgan fingerprint density at radius 1 is 1.23 bits per heavy atom. The van der Waals surface area contributed by atoms with Gasteiger partial charge in [-0.15, -0.1) is 11.8 Å². The van der Waals surface area contributed by atoms with Crippen LogP contribution in [-0.4, -0.2) is 9.85 Å². The molecular weight excluding hydrogens is 180 g/mol. The van der Waals surface area contributed by atoms with Gasteiger partial charge < -0.3 is 5.11 Å². The van der Waals surface area contributed by atoms with Crippen LogP contribution in [0.1, 0.15) is 26.2 Å². The highest BCUT2D eigenvalue weighted by molar-refractivity contribution is 8.00. The first-order valence-corrected chi connectivity index (χ1v) is 5.48. The molecule has 0 saturated heterocycles. The third-order valence-corrected chi connectivity index (χ3v) is 4.02. The fourth-order valence-electron chi connectivity index (χ4n) is 1.58. The first-order chi connectivity index (χ1) is 6.18. The van der Waals surface area contributed by atoms with Gasteiger partial charge in [0.05, 0.1) is 0 Å². The van der Waals surface area contributed by atoms with Gasteiger partial charge in [-0.1, -0.05) is 13.3 Å². The van der Waals surface area contributed by atoms with Crippen molar-refractivity contribution in [3.8, 4) is 5.75 Å². The summed E-state index contributed by atoms with van der Waals surface area (Å²) in [5.74, 6) is 0.350.